The van der Waals surface area contributed by atoms with Crippen LogP contribution in [-0.2, 0) is 6.54 Å². The van der Waals surface area contributed by atoms with Crippen LogP contribution in [0, 0.1) is 0 Å². The molecule has 3 nitrogen and oxygen atoms in total. The molecule has 1 aliphatic carbocycles. The molecule has 1 saturated carbocycles. The van der Waals surface area contributed by atoms with Gasteiger partial charge in [-0.3, -0.25) is 0 Å². The van der Waals surface area contributed by atoms with Crippen LogP contribution in [0.3, 0.4) is 0 Å². The summed E-state index contributed by atoms with van der Waals surface area (Å²) in [5.41, 5.74) is 1.29. The Kier molecular flexibility index (Phi) is 3.19. The van der Waals surface area contributed by atoms with Gasteiger partial charge in [0.2, 0.25) is 0 Å². The van der Waals surface area contributed by atoms with Gasteiger partial charge >= 0.3 is 0 Å². The number of aliphatic hydroxyl groups is 1. The molecule has 1 fully saturated rings. The Morgan fingerprint density at radius 3 is 2.76 bits per heavy atom. The van der Waals surface area contributed by atoms with Crippen LogP contribution in [0.4, 0.5) is 0 Å². The van der Waals surface area contributed by atoms with Gasteiger partial charge in [0.1, 0.15) is 5.82 Å². The molecule has 3 rings (SSSR count). The second-order valence-corrected chi connectivity index (χ2v) is 5.57. The number of hydrogen-bond acceptors (Lipinski definition) is 2. The number of aromatic nitrogens is 2. The molecule has 3 heteroatoms. The SMILES string of the molecule is OCC1CCCn2cc(C3CCCCC3)nc21. The van der Waals surface area contributed by atoms with E-state index in [2.05, 4.69) is 10.8 Å². The van der Waals surface area contributed by atoms with Crippen LogP contribution in [0.1, 0.15) is 68.3 Å². The molecule has 1 aromatic heterocycles. The highest BCUT2D eigenvalue weighted by molar-refractivity contribution is 5.14. The van der Waals surface area contributed by atoms with E-state index in [1.54, 1.807) is 0 Å². The van der Waals surface area contributed by atoms with E-state index in [0.29, 0.717) is 5.92 Å². The molecule has 1 aromatic rings. The first-order valence-corrected chi connectivity index (χ1v) is 7.06. The molecule has 1 aliphatic heterocycles. The Morgan fingerprint density at radius 2 is 2.00 bits per heavy atom. The number of hydrogen-bond donors (Lipinski definition) is 1. The van der Waals surface area contributed by atoms with Gasteiger partial charge in [0, 0.05) is 24.6 Å². The van der Waals surface area contributed by atoms with Crippen LogP contribution >= 0.6 is 0 Å². The van der Waals surface area contributed by atoms with Gasteiger partial charge in [0.25, 0.3) is 0 Å². The second-order valence-electron chi connectivity index (χ2n) is 5.57. The van der Waals surface area contributed by atoms with E-state index in [1.807, 2.05) is 0 Å². The molecule has 0 radical (unpaired) electrons. The molecule has 0 spiro atoms. The molecule has 1 atom stereocenters. The van der Waals surface area contributed by atoms with Gasteiger partial charge in [-0.25, -0.2) is 4.98 Å². The summed E-state index contributed by atoms with van der Waals surface area (Å²) in [5, 5.41) is 9.40. The van der Waals surface area contributed by atoms with E-state index in [4.69, 9.17) is 4.98 Å². The first-order valence-electron chi connectivity index (χ1n) is 7.06. The van der Waals surface area contributed by atoms with Gasteiger partial charge in [0.05, 0.1) is 12.3 Å². The minimum atomic E-state index is 0.251. The fourth-order valence-electron chi connectivity index (χ4n) is 3.36. The molecule has 17 heavy (non-hydrogen) atoms. The zero-order valence-corrected chi connectivity index (χ0v) is 10.4. The van der Waals surface area contributed by atoms with Crippen molar-refractivity contribution in [1.82, 2.24) is 9.55 Å². The third-order valence-corrected chi connectivity index (χ3v) is 4.39. The average Bonchev–Trinajstić information content (AvgIpc) is 2.83. The first-order chi connectivity index (χ1) is 8.38. The van der Waals surface area contributed by atoms with Gasteiger partial charge in [-0.15, -0.1) is 0 Å². The third kappa shape index (κ3) is 2.13. The van der Waals surface area contributed by atoms with Crippen molar-refractivity contribution in [3.63, 3.8) is 0 Å². The van der Waals surface area contributed by atoms with Gasteiger partial charge < -0.3 is 9.67 Å². The lowest BCUT2D eigenvalue weighted by atomic mass is 9.87. The number of rotatable bonds is 2. The molecule has 0 aromatic carbocycles. The van der Waals surface area contributed by atoms with Crippen molar-refractivity contribution in [2.24, 2.45) is 0 Å². The lowest BCUT2D eigenvalue weighted by molar-refractivity contribution is 0.238. The standard InChI is InChI=1S/C14H22N2O/c17-10-12-7-4-8-16-9-13(15-14(12)16)11-5-2-1-3-6-11/h9,11-12,17H,1-8,10H2. The molecule has 1 unspecified atom stereocenters. The lowest BCUT2D eigenvalue weighted by Gasteiger charge is -2.21. The first kappa shape index (κ1) is 11.3. The smallest absolute Gasteiger partial charge is 0.114 e. The molecule has 0 bridgehead atoms. The van der Waals surface area contributed by atoms with Crippen LogP contribution in [0.2, 0.25) is 0 Å². The number of fused-ring (bicyclic) bond motifs is 1. The average molecular weight is 234 g/mol. The predicted molar refractivity (Wildman–Crippen MR) is 67.1 cm³/mol. The Morgan fingerprint density at radius 1 is 1.18 bits per heavy atom. The summed E-state index contributed by atoms with van der Waals surface area (Å²) >= 11 is 0. The van der Waals surface area contributed by atoms with Crippen LogP contribution in [0.5, 0.6) is 0 Å². The third-order valence-electron chi connectivity index (χ3n) is 4.39. The van der Waals surface area contributed by atoms with E-state index in [0.717, 1.165) is 18.8 Å². The van der Waals surface area contributed by atoms with E-state index < -0.39 is 0 Å². The quantitative estimate of drug-likeness (QED) is 0.854. The summed E-state index contributed by atoms with van der Waals surface area (Å²) in [7, 11) is 0. The lowest BCUT2D eigenvalue weighted by Crippen LogP contribution is -2.18. The summed E-state index contributed by atoms with van der Waals surface area (Å²) in [4.78, 5) is 4.83. The van der Waals surface area contributed by atoms with Gasteiger partial charge in [0.15, 0.2) is 0 Å². The normalized spacial score (nSPS) is 25.8. The highest BCUT2D eigenvalue weighted by Gasteiger charge is 2.25. The van der Waals surface area contributed by atoms with Gasteiger partial charge in [-0.05, 0) is 25.7 Å². The Labute approximate surface area is 103 Å². The van der Waals surface area contributed by atoms with E-state index in [1.165, 1.54) is 44.2 Å². The van der Waals surface area contributed by atoms with Crippen molar-refractivity contribution in [1.29, 1.82) is 0 Å². The Balaban J connectivity index is 1.84. The predicted octanol–water partition coefficient (Wildman–Crippen LogP) is 2.80. The summed E-state index contributed by atoms with van der Waals surface area (Å²) in [5.74, 6) is 2.10. The fraction of sp³-hybridized carbons (Fsp3) is 0.786. The molecule has 0 amide bonds. The minimum absolute atomic E-state index is 0.251. The second kappa shape index (κ2) is 4.81. The summed E-state index contributed by atoms with van der Waals surface area (Å²) < 4.78 is 2.29. The van der Waals surface area contributed by atoms with Crippen LogP contribution in [0.25, 0.3) is 0 Å². The topological polar surface area (TPSA) is 38.0 Å². The molecular weight excluding hydrogens is 212 g/mol. The molecule has 2 heterocycles. The molecule has 2 aliphatic rings. The summed E-state index contributed by atoms with van der Waals surface area (Å²) in [6.07, 6.45) is 11.2. The van der Waals surface area contributed by atoms with E-state index >= 15 is 0 Å². The fourth-order valence-corrected chi connectivity index (χ4v) is 3.36. The van der Waals surface area contributed by atoms with Crippen molar-refractivity contribution in [3.05, 3.63) is 17.7 Å². The zero-order valence-electron chi connectivity index (χ0n) is 10.4. The summed E-state index contributed by atoms with van der Waals surface area (Å²) in [6, 6.07) is 0. The molecule has 0 saturated heterocycles. The van der Waals surface area contributed by atoms with Crippen molar-refractivity contribution in [2.75, 3.05) is 6.61 Å². The molecule has 94 valence electrons. The maximum atomic E-state index is 9.40. The van der Waals surface area contributed by atoms with Crippen LogP contribution < -0.4 is 0 Å². The van der Waals surface area contributed by atoms with Crippen molar-refractivity contribution >= 4 is 0 Å². The highest BCUT2D eigenvalue weighted by atomic mass is 16.3. The largest absolute Gasteiger partial charge is 0.396 e. The number of aryl methyl sites for hydroxylation is 1. The minimum Gasteiger partial charge on any atom is -0.396 e. The maximum Gasteiger partial charge on any atom is 0.114 e. The number of imidazole rings is 1. The van der Waals surface area contributed by atoms with Crippen molar-refractivity contribution in [3.8, 4) is 0 Å². The molecule has 1 N–H and O–H groups in total. The summed E-state index contributed by atoms with van der Waals surface area (Å²) in [6.45, 7) is 1.34. The van der Waals surface area contributed by atoms with Gasteiger partial charge in [-0.1, -0.05) is 19.3 Å². The van der Waals surface area contributed by atoms with Crippen LogP contribution in [0.15, 0.2) is 6.20 Å². The molecular formula is C14H22N2O. The zero-order chi connectivity index (χ0) is 11.7. The van der Waals surface area contributed by atoms with E-state index in [-0.39, 0.29) is 12.5 Å². The monoisotopic (exact) mass is 234 g/mol. The van der Waals surface area contributed by atoms with Crippen molar-refractivity contribution in [2.45, 2.75) is 63.3 Å². The van der Waals surface area contributed by atoms with E-state index in [9.17, 15) is 5.11 Å². The highest BCUT2D eigenvalue weighted by Crippen LogP contribution is 2.34. The number of aliphatic hydroxyl groups excluding tert-OH is 1. The Hall–Kier alpha value is -0.830. The number of nitrogens with zero attached hydrogens (tertiary/aromatic N) is 2. The van der Waals surface area contributed by atoms with Crippen LogP contribution in [-0.4, -0.2) is 21.3 Å². The van der Waals surface area contributed by atoms with Gasteiger partial charge in [-0.2, -0.15) is 0 Å². The Bertz CT molecular complexity index is 380. The maximum absolute atomic E-state index is 9.40. The van der Waals surface area contributed by atoms with Crippen molar-refractivity contribution < 1.29 is 5.11 Å².